The molecule has 0 fully saturated rings. The molecule has 164 valence electrons. The smallest absolute Gasteiger partial charge is 0.265 e. The minimum absolute atomic E-state index is 0.152. The molecule has 0 saturated carbocycles. The van der Waals surface area contributed by atoms with Crippen molar-refractivity contribution in [2.45, 2.75) is 31.6 Å². The van der Waals surface area contributed by atoms with Gasteiger partial charge in [-0.2, -0.15) is 0 Å². The number of nitrogens with one attached hydrogen (secondary N) is 1. The van der Waals surface area contributed by atoms with Crippen molar-refractivity contribution < 1.29 is 13.2 Å². The van der Waals surface area contributed by atoms with Crippen LogP contribution in [-0.2, 0) is 22.9 Å². The van der Waals surface area contributed by atoms with Crippen LogP contribution in [0.3, 0.4) is 0 Å². The molecule has 32 heavy (non-hydrogen) atoms. The minimum Gasteiger partial charge on any atom is -0.321 e. The maximum Gasteiger partial charge on any atom is 0.265 e. The first kappa shape index (κ1) is 21.8. The second-order valence-electron chi connectivity index (χ2n) is 7.67. The zero-order valence-corrected chi connectivity index (χ0v) is 19.1. The molecule has 3 aromatic carbocycles. The second kappa shape index (κ2) is 8.63. The van der Waals surface area contributed by atoms with Gasteiger partial charge in [0, 0.05) is 22.4 Å². The lowest BCUT2D eigenvalue weighted by atomic mass is 9.99. The Labute approximate surface area is 189 Å². The molecule has 1 heterocycles. The highest BCUT2D eigenvalue weighted by Gasteiger charge is 2.34. The molecule has 0 radical (unpaired) electrons. The number of carbonyl (C=O) groups is 1. The highest BCUT2D eigenvalue weighted by atomic mass is 32.2. The van der Waals surface area contributed by atoms with E-state index < -0.39 is 10.0 Å². The van der Waals surface area contributed by atoms with Crippen LogP contribution in [-0.4, -0.2) is 20.9 Å². The summed E-state index contributed by atoms with van der Waals surface area (Å²) in [6.45, 7) is 7.98. The van der Waals surface area contributed by atoms with E-state index in [1.807, 2.05) is 18.2 Å². The van der Waals surface area contributed by atoms with E-state index in [4.69, 9.17) is 0 Å². The molecule has 1 aliphatic heterocycles. The topological polar surface area (TPSA) is 66.5 Å². The quantitative estimate of drug-likeness (QED) is 0.514. The number of para-hydroxylation sites is 1. The predicted octanol–water partition coefficient (Wildman–Crippen LogP) is 5.43. The lowest BCUT2D eigenvalue weighted by Gasteiger charge is -2.31. The van der Waals surface area contributed by atoms with Crippen LogP contribution in [0.1, 0.15) is 35.3 Å². The fourth-order valence-electron chi connectivity index (χ4n) is 4.18. The third kappa shape index (κ3) is 3.60. The second-order valence-corrected chi connectivity index (χ2v) is 9.50. The first-order chi connectivity index (χ1) is 15.4. The Balaban J connectivity index is 1.80. The number of amides is 1. The van der Waals surface area contributed by atoms with Gasteiger partial charge < -0.3 is 5.32 Å². The Morgan fingerprint density at radius 1 is 0.969 bits per heavy atom. The van der Waals surface area contributed by atoms with Gasteiger partial charge in [0.05, 0.1) is 17.1 Å². The van der Waals surface area contributed by atoms with Gasteiger partial charge in [-0.25, -0.2) is 8.42 Å². The molecular weight excluding hydrogens is 420 g/mol. The predicted molar refractivity (Wildman–Crippen MR) is 130 cm³/mol. The number of benzene rings is 3. The molecule has 0 unspecified atom stereocenters. The van der Waals surface area contributed by atoms with E-state index in [1.165, 1.54) is 4.31 Å². The van der Waals surface area contributed by atoms with Crippen molar-refractivity contribution in [3.63, 3.8) is 0 Å². The summed E-state index contributed by atoms with van der Waals surface area (Å²) >= 11 is 0. The molecule has 5 nitrogen and oxygen atoms in total. The van der Waals surface area contributed by atoms with Gasteiger partial charge in [-0.1, -0.05) is 56.3 Å². The molecule has 0 atom stereocenters. The number of nitrogens with zero attached hydrogens (tertiary/aromatic N) is 1. The summed E-state index contributed by atoms with van der Waals surface area (Å²) in [6, 6.07) is 18.1. The van der Waals surface area contributed by atoms with E-state index in [0.717, 1.165) is 29.7 Å². The number of anilines is 2. The number of fused-ring (bicyclic) bond motifs is 3. The van der Waals surface area contributed by atoms with Gasteiger partial charge in [-0.15, -0.1) is 6.58 Å². The number of carbonyl (C=O) groups excluding carboxylic acids is 1. The Morgan fingerprint density at radius 2 is 1.66 bits per heavy atom. The highest BCUT2D eigenvalue weighted by Crippen LogP contribution is 2.43. The third-order valence-electron chi connectivity index (χ3n) is 5.81. The third-order valence-corrected chi connectivity index (χ3v) is 7.64. The van der Waals surface area contributed by atoms with Gasteiger partial charge in [-0.05, 0) is 48.2 Å². The number of hydrogen-bond acceptors (Lipinski definition) is 3. The summed E-state index contributed by atoms with van der Waals surface area (Å²) in [5, 5.41) is 3.09. The average Bonchev–Trinajstić information content (AvgIpc) is 2.81. The van der Waals surface area contributed by atoms with Crippen LogP contribution < -0.4 is 9.62 Å². The standard InChI is InChI=1S/C26H26N2O3S/c1-4-16-28-23-15-14-20(17-22(23)21-12-7-8-13-24(21)32(28,30)31)26(29)27-25-18(5-2)10-9-11-19(25)6-3/h4,7-15,17H,1,5-6,16H2,2-3H3,(H,27,29). The maximum absolute atomic E-state index is 13.2. The van der Waals surface area contributed by atoms with Crippen molar-refractivity contribution in [2.75, 3.05) is 16.2 Å². The van der Waals surface area contributed by atoms with E-state index >= 15 is 0 Å². The maximum atomic E-state index is 13.2. The van der Waals surface area contributed by atoms with E-state index in [1.54, 1.807) is 48.5 Å². The molecule has 0 bridgehead atoms. The van der Waals surface area contributed by atoms with Crippen LogP contribution in [0, 0.1) is 0 Å². The molecule has 0 aromatic heterocycles. The molecule has 1 aliphatic rings. The molecule has 0 spiro atoms. The van der Waals surface area contributed by atoms with Gasteiger partial charge in [0.15, 0.2) is 0 Å². The van der Waals surface area contributed by atoms with Gasteiger partial charge in [0.25, 0.3) is 15.9 Å². The normalized spacial score (nSPS) is 13.8. The van der Waals surface area contributed by atoms with E-state index in [0.29, 0.717) is 22.4 Å². The van der Waals surface area contributed by atoms with Crippen LogP contribution in [0.25, 0.3) is 11.1 Å². The molecule has 0 saturated heterocycles. The first-order valence-corrected chi connectivity index (χ1v) is 12.2. The summed E-state index contributed by atoms with van der Waals surface area (Å²) in [5.41, 5.74) is 5.36. The largest absolute Gasteiger partial charge is 0.321 e. The van der Waals surface area contributed by atoms with Crippen molar-refractivity contribution in [2.24, 2.45) is 0 Å². The van der Waals surface area contributed by atoms with Crippen molar-refractivity contribution >= 4 is 27.3 Å². The van der Waals surface area contributed by atoms with Gasteiger partial charge in [0.2, 0.25) is 0 Å². The van der Waals surface area contributed by atoms with E-state index in [-0.39, 0.29) is 17.3 Å². The lowest BCUT2D eigenvalue weighted by Crippen LogP contribution is -2.34. The fourth-order valence-corrected chi connectivity index (χ4v) is 5.84. The summed E-state index contributed by atoms with van der Waals surface area (Å²) < 4.78 is 27.6. The molecule has 4 rings (SSSR count). The van der Waals surface area contributed by atoms with Crippen LogP contribution >= 0.6 is 0 Å². The number of sulfonamides is 1. The summed E-state index contributed by atoms with van der Waals surface area (Å²) in [6.07, 6.45) is 3.19. The van der Waals surface area contributed by atoms with Crippen molar-refractivity contribution in [3.8, 4) is 11.1 Å². The molecule has 1 N–H and O–H groups in total. The summed E-state index contributed by atoms with van der Waals surface area (Å²) in [4.78, 5) is 13.5. The van der Waals surface area contributed by atoms with E-state index in [2.05, 4.69) is 25.7 Å². The summed E-state index contributed by atoms with van der Waals surface area (Å²) in [7, 11) is -3.70. The van der Waals surface area contributed by atoms with Crippen molar-refractivity contribution in [1.82, 2.24) is 0 Å². The molecule has 3 aromatic rings. The van der Waals surface area contributed by atoms with Gasteiger partial charge in [0.1, 0.15) is 0 Å². The zero-order valence-electron chi connectivity index (χ0n) is 18.3. The van der Waals surface area contributed by atoms with Crippen molar-refractivity contribution in [3.05, 3.63) is 90.0 Å². The number of aryl methyl sites for hydroxylation is 2. The molecule has 6 heteroatoms. The Hall–Kier alpha value is -3.38. The Kier molecular flexibility index (Phi) is 5.89. The minimum atomic E-state index is -3.70. The molecule has 0 aliphatic carbocycles. The Morgan fingerprint density at radius 3 is 2.31 bits per heavy atom. The lowest BCUT2D eigenvalue weighted by molar-refractivity contribution is 0.102. The van der Waals surface area contributed by atoms with Crippen LogP contribution in [0.15, 0.2) is 78.2 Å². The van der Waals surface area contributed by atoms with Crippen LogP contribution in [0.2, 0.25) is 0 Å². The van der Waals surface area contributed by atoms with Gasteiger partial charge >= 0.3 is 0 Å². The monoisotopic (exact) mass is 446 g/mol. The van der Waals surface area contributed by atoms with E-state index in [9.17, 15) is 13.2 Å². The number of hydrogen-bond donors (Lipinski definition) is 1. The Bertz CT molecular complexity index is 1290. The average molecular weight is 447 g/mol. The highest BCUT2D eigenvalue weighted by molar-refractivity contribution is 7.93. The van der Waals surface area contributed by atoms with Gasteiger partial charge in [-0.3, -0.25) is 9.10 Å². The molecule has 1 amide bonds. The van der Waals surface area contributed by atoms with Crippen LogP contribution in [0.4, 0.5) is 11.4 Å². The first-order valence-electron chi connectivity index (χ1n) is 10.7. The number of rotatable bonds is 6. The summed E-state index contributed by atoms with van der Waals surface area (Å²) in [5.74, 6) is -0.218. The SMILES string of the molecule is C=CCN1c2ccc(C(=O)Nc3c(CC)cccc3CC)cc2-c2ccccc2S1(=O)=O. The van der Waals surface area contributed by atoms with Crippen molar-refractivity contribution in [1.29, 1.82) is 0 Å². The molecular formula is C26H26N2O3S. The van der Waals surface area contributed by atoms with Crippen LogP contribution in [0.5, 0.6) is 0 Å². The fraction of sp³-hybridized carbons (Fsp3) is 0.192. The zero-order chi connectivity index (χ0) is 22.9.